The van der Waals surface area contributed by atoms with E-state index in [0.29, 0.717) is 16.5 Å². The molecule has 0 saturated heterocycles. The minimum Gasteiger partial charge on any atom is -0.299 e. The van der Waals surface area contributed by atoms with E-state index in [0.717, 1.165) is 11.1 Å². The zero-order chi connectivity index (χ0) is 13.8. The standard InChI is InChI=1S/C16H14Cl2O/c1-11(12-5-3-2-4-6-12)16(19)10-13-9-14(17)7-8-15(13)18/h2-9,11H,10H2,1H3. The quantitative estimate of drug-likeness (QED) is 0.783. The molecule has 0 aliphatic carbocycles. The highest BCUT2D eigenvalue weighted by Gasteiger charge is 2.16. The summed E-state index contributed by atoms with van der Waals surface area (Å²) >= 11 is 12.0. The molecule has 0 aliphatic heterocycles. The van der Waals surface area contributed by atoms with Crippen LogP contribution >= 0.6 is 23.2 Å². The van der Waals surface area contributed by atoms with Gasteiger partial charge in [0.1, 0.15) is 5.78 Å². The van der Waals surface area contributed by atoms with Crippen molar-refractivity contribution in [3.05, 3.63) is 69.7 Å². The fourth-order valence-electron chi connectivity index (χ4n) is 1.95. The minimum absolute atomic E-state index is 0.135. The fourth-order valence-corrected chi connectivity index (χ4v) is 2.33. The molecule has 19 heavy (non-hydrogen) atoms. The second-order valence-electron chi connectivity index (χ2n) is 4.51. The largest absolute Gasteiger partial charge is 0.299 e. The number of ketones is 1. The Hall–Kier alpha value is -1.31. The molecule has 0 N–H and O–H groups in total. The van der Waals surface area contributed by atoms with Crippen molar-refractivity contribution < 1.29 is 4.79 Å². The smallest absolute Gasteiger partial charge is 0.144 e. The Bertz CT molecular complexity index is 579. The van der Waals surface area contributed by atoms with E-state index in [4.69, 9.17) is 23.2 Å². The fraction of sp³-hybridized carbons (Fsp3) is 0.188. The van der Waals surface area contributed by atoms with E-state index in [1.165, 1.54) is 0 Å². The molecule has 2 aromatic carbocycles. The third-order valence-corrected chi connectivity index (χ3v) is 3.76. The van der Waals surface area contributed by atoms with Crippen LogP contribution in [-0.2, 0) is 11.2 Å². The Balaban J connectivity index is 2.15. The molecular formula is C16H14Cl2O. The zero-order valence-electron chi connectivity index (χ0n) is 10.6. The summed E-state index contributed by atoms with van der Waals surface area (Å²) < 4.78 is 0. The van der Waals surface area contributed by atoms with E-state index >= 15 is 0 Å². The van der Waals surface area contributed by atoms with Gasteiger partial charge in [-0.2, -0.15) is 0 Å². The van der Waals surface area contributed by atoms with Crippen molar-refractivity contribution in [1.29, 1.82) is 0 Å². The molecule has 0 saturated carbocycles. The van der Waals surface area contributed by atoms with Gasteiger partial charge in [-0.3, -0.25) is 4.79 Å². The summed E-state index contributed by atoms with van der Waals surface area (Å²) in [7, 11) is 0. The number of hydrogen-bond acceptors (Lipinski definition) is 1. The lowest BCUT2D eigenvalue weighted by atomic mass is 9.93. The van der Waals surface area contributed by atoms with Crippen molar-refractivity contribution in [2.75, 3.05) is 0 Å². The molecular weight excluding hydrogens is 279 g/mol. The van der Waals surface area contributed by atoms with Gasteiger partial charge in [0.15, 0.2) is 0 Å². The van der Waals surface area contributed by atoms with Crippen molar-refractivity contribution in [1.82, 2.24) is 0 Å². The number of halogens is 2. The van der Waals surface area contributed by atoms with Gasteiger partial charge in [-0.05, 0) is 29.3 Å². The lowest BCUT2D eigenvalue weighted by molar-refractivity contribution is -0.119. The highest BCUT2D eigenvalue weighted by atomic mass is 35.5. The molecule has 0 amide bonds. The minimum atomic E-state index is -0.142. The molecule has 0 bridgehead atoms. The first kappa shape index (κ1) is 14.1. The molecule has 98 valence electrons. The Morgan fingerprint density at radius 1 is 1.11 bits per heavy atom. The molecule has 3 heteroatoms. The maximum atomic E-state index is 12.3. The average Bonchev–Trinajstić information content (AvgIpc) is 2.43. The monoisotopic (exact) mass is 292 g/mol. The van der Waals surface area contributed by atoms with Crippen LogP contribution in [0, 0.1) is 0 Å². The molecule has 2 rings (SSSR count). The molecule has 1 nitrogen and oxygen atoms in total. The van der Waals surface area contributed by atoms with Crippen LogP contribution in [0.15, 0.2) is 48.5 Å². The Morgan fingerprint density at radius 2 is 1.79 bits per heavy atom. The molecule has 0 aromatic heterocycles. The van der Waals surface area contributed by atoms with Crippen LogP contribution < -0.4 is 0 Å². The van der Waals surface area contributed by atoms with E-state index in [1.54, 1.807) is 18.2 Å². The van der Waals surface area contributed by atoms with Gasteiger partial charge >= 0.3 is 0 Å². The average molecular weight is 293 g/mol. The van der Waals surface area contributed by atoms with Crippen molar-refractivity contribution >= 4 is 29.0 Å². The molecule has 0 radical (unpaired) electrons. The second kappa shape index (κ2) is 6.23. The van der Waals surface area contributed by atoms with E-state index in [2.05, 4.69) is 0 Å². The maximum Gasteiger partial charge on any atom is 0.144 e. The Kier molecular flexibility index (Phi) is 4.62. The molecule has 0 heterocycles. The summed E-state index contributed by atoms with van der Waals surface area (Å²) in [5, 5.41) is 1.18. The van der Waals surface area contributed by atoms with E-state index in [9.17, 15) is 4.79 Å². The lowest BCUT2D eigenvalue weighted by Gasteiger charge is -2.11. The van der Waals surface area contributed by atoms with Crippen LogP contribution in [0.5, 0.6) is 0 Å². The summed E-state index contributed by atoms with van der Waals surface area (Å²) in [4.78, 5) is 12.3. The first-order chi connectivity index (χ1) is 9.08. The van der Waals surface area contributed by atoms with Crippen molar-refractivity contribution in [3.8, 4) is 0 Å². The van der Waals surface area contributed by atoms with Crippen molar-refractivity contribution in [2.45, 2.75) is 19.3 Å². The first-order valence-electron chi connectivity index (χ1n) is 6.09. The van der Waals surface area contributed by atoms with Gasteiger partial charge in [-0.15, -0.1) is 0 Å². The van der Waals surface area contributed by atoms with E-state index < -0.39 is 0 Å². The third kappa shape index (κ3) is 3.59. The van der Waals surface area contributed by atoms with Gasteiger partial charge in [0.25, 0.3) is 0 Å². The van der Waals surface area contributed by atoms with Gasteiger partial charge in [0.05, 0.1) is 0 Å². The zero-order valence-corrected chi connectivity index (χ0v) is 12.1. The van der Waals surface area contributed by atoms with Gasteiger partial charge in [-0.1, -0.05) is 60.5 Å². The topological polar surface area (TPSA) is 17.1 Å². The summed E-state index contributed by atoms with van der Waals surface area (Å²) in [5.74, 6) is -0.00776. The molecule has 1 unspecified atom stereocenters. The highest BCUT2D eigenvalue weighted by molar-refractivity contribution is 6.33. The molecule has 1 atom stereocenters. The summed E-state index contributed by atoms with van der Waals surface area (Å²) in [6.45, 7) is 1.91. The van der Waals surface area contributed by atoms with Gasteiger partial charge in [-0.25, -0.2) is 0 Å². The summed E-state index contributed by atoms with van der Waals surface area (Å²) in [5.41, 5.74) is 1.80. The summed E-state index contributed by atoms with van der Waals surface area (Å²) in [6.07, 6.45) is 0.301. The third-order valence-electron chi connectivity index (χ3n) is 3.15. The van der Waals surface area contributed by atoms with Crippen LogP contribution in [0.2, 0.25) is 10.0 Å². The van der Waals surface area contributed by atoms with Crippen LogP contribution in [0.1, 0.15) is 24.0 Å². The predicted molar refractivity (Wildman–Crippen MR) is 80.0 cm³/mol. The Morgan fingerprint density at radius 3 is 2.47 bits per heavy atom. The highest BCUT2D eigenvalue weighted by Crippen LogP contribution is 2.24. The van der Waals surface area contributed by atoms with E-state index in [-0.39, 0.29) is 11.7 Å². The van der Waals surface area contributed by atoms with Gasteiger partial charge in [0, 0.05) is 22.4 Å². The first-order valence-corrected chi connectivity index (χ1v) is 6.85. The number of carbonyl (C=O) groups is 1. The Labute approximate surface area is 123 Å². The maximum absolute atomic E-state index is 12.3. The van der Waals surface area contributed by atoms with Crippen LogP contribution in [0.25, 0.3) is 0 Å². The lowest BCUT2D eigenvalue weighted by Crippen LogP contribution is -2.12. The van der Waals surface area contributed by atoms with Crippen LogP contribution in [0.3, 0.4) is 0 Å². The summed E-state index contributed by atoms with van der Waals surface area (Å²) in [6, 6.07) is 14.9. The van der Waals surface area contributed by atoms with Crippen molar-refractivity contribution in [3.63, 3.8) is 0 Å². The predicted octanol–water partition coefficient (Wildman–Crippen LogP) is 4.91. The normalized spacial score (nSPS) is 12.2. The molecule has 2 aromatic rings. The molecule has 0 aliphatic rings. The van der Waals surface area contributed by atoms with Gasteiger partial charge in [0.2, 0.25) is 0 Å². The van der Waals surface area contributed by atoms with Gasteiger partial charge < -0.3 is 0 Å². The van der Waals surface area contributed by atoms with Crippen LogP contribution in [-0.4, -0.2) is 5.78 Å². The molecule has 0 spiro atoms. The van der Waals surface area contributed by atoms with E-state index in [1.807, 2.05) is 37.3 Å². The number of benzene rings is 2. The number of rotatable bonds is 4. The SMILES string of the molecule is CC(C(=O)Cc1cc(Cl)ccc1Cl)c1ccccc1. The number of Topliss-reactive ketones (excluding diaryl/α,β-unsaturated/α-hetero) is 1. The number of hydrogen-bond donors (Lipinski definition) is 0. The number of carbonyl (C=O) groups excluding carboxylic acids is 1. The van der Waals surface area contributed by atoms with Crippen molar-refractivity contribution in [2.24, 2.45) is 0 Å². The second-order valence-corrected chi connectivity index (χ2v) is 5.35. The van der Waals surface area contributed by atoms with Crippen LogP contribution in [0.4, 0.5) is 0 Å². The molecule has 0 fully saturated rings.